The number of phosphoric ester groups is 4. The fourth-order valence-corrected chi connectivity index (χ4v) is 18.1. The van der Waals surface area contributed by atoms with E-state index in [2.05, 4.69) is 19.9 Å². The number of halogens is 4. The summed E-state index contributed by atoms with van der Waals surface area (Å²) >= 11 is 19.7. The van der Waals surface area contributed by atoms with E-state index in [-0.39, 0.29) is 58.0 Å². The van der Waals surface area contributed by atoms with Crippen molar-refractivity contribution in [3.8, 4) is 23.0 Å². The molecule has 16 rings (SSSR count). The first-order chi connectivity index (χ1) is 58.7. The van der Waals surface area contributed by atoms with Gasteiger partial charge in [0.15, 0.2) is 43.9 Å². The molecule has 8 aliphatic rings. The molecule has 20 atom stereocenters. The standard InChI is InChI=1S/4C17H18FN2O8PS/c4*1-9-3-2-4-10-7-25-29(24,28-13(9)10)26-8-17(18)14(23)12(22)15(27-17)20-6-5-11(21)19-16(20)30/h4*2-6,12,14-15,22-23H,7-8H2,1H3,(H,19,21,30)/t4*12-,14+,15-,17-,29?/m1111/s1/i8D2,15D;15D;8D2;. The minimum Gasteiger partial charge on any atom is -0.403 e. The molecule has 4 saturated heterocycles. The Labute approximate surface area is 700 Å². The number of para-hydroxylation sites is 4. The van der Waals surface area contributed by atoms with Gasteiger partial charge in [-0.1, -0.05) is 72.8 Å². The maximum absolute atomic E-state index is 15.8. The molecule has 0 spiro atoms. The van der Waals surface area contributed by atoms with E-state index in [1.807, 2.05) is 0 Å². The van der Waals surface area contributed by atoms with Crippen molar-refractivity contribution in [2.75, 3.05) is 26.3 Å². The molecule has 12 N–H and O–H groups in total. The number of fused-ring (bicyclic) bond motifs is 4. The Morgan fingerprint density at radius 2 is 0.650 bits per heavy atom. The molecule has 0 aliphatic carbocycles. The molecule has 0 bridgehead atoms. The predicted molar refractivity (Wildman–Crippen MR) is 408 cm³/mol. The lowest BCUT2D eigenvalue weighted by Crippen LogP contribution is -2.43. The predicted octanol–water partition coefficient (Wildman–Crippen LogP) is 7.46. The molecule has 8 aromatic rings. The summed E-state index contributed by atoms with van der Waals surface area (Å²) in [4.78, 5) is 54.3. The van der Waals surface area contributed by atoms with Crippen LogP contribution in [0.1, 0.15) is 77.6 Å². The second-order valence-electron chi connectivity index (χ2n) is 26.8. The topological polar surface area (TPSA) is 529 Å². The number of H-pyrrole nitrogens is 4. The van der Waals surface area contributed by atoms with Crippen LogP contribution < -0.4 is 40.3 Å². The van der Waals surface area contributed by atoms with Crippen molar-refractivity contribution in [2.45, 2.75) is 151 Å². The van der Waals surface area contributed by atoms with E-state index in [0.29, 0.717) is 54.8 Å². The third-order valence-corrected chi connectivity index (χ3v) is 24.6. The zero-order chi connectivity index (χ0) is 92.2. The van der Waals surface area contributed by atoms with Crippen LogP contribution in [0.5, 0.6) is 23.0 Å². The van der Waals surface area contributed by atoms with Crippen molar-refractivity contribution < 1.29 is 158 Å². The van der Waals surface area contributed by atoms with Crippen molar-refractivity contribution in [1.29, 1.82) is 0 Å². The number of aromatic nitrogens is 8. The van der Waals surface area contributed by atoms with Crippen LogP contribution in [0.15, 0.2) is 141 Å². The highest BCUT2D eigenvalue weighted by Crippen LogP contribution is 2.61. The molecule has 40 nitrogen and oxygen atoms in total. The van der Waals surface area contributed by atoms with E-state index in [1.165, 1.54) is 6.20 Å². The van der Waals surface area contributed by atoms with Gasteiger partial charge in [-0.15, -0.1) is 0 Å². The first-order valence-corrected chi connectivity index (χ1v) is 42.2. The van der Waals surface area contributed by atoms with Crippen LogP contribution in [0.4, 0.5) is 17.6 Å². The number of nitrogens with one attached hydrogen (secondary N) is 4. The number of nitrogens with zero attached hydrogens (tertiary/aromatic N) is 4. The highest BCUT2D eigenvalue weighted by atomic mass is 32.1. The van der Waals surface area contributed by atoms with Gasteiger partial charge in [0, 0.05) is 71.3 Å². The van der Waals surface area contributed by atoms with Crippen molar-refractivity contribution >= 4 is 80.2 Å². The number of phosphoric acid groups is 4. The Kier molecular flexibility index (Phi) is 24.0. The molecular formula is C68H72F4N8O32P4S4. The number of benzene rings is 4. The minimum absolute atomic E-state index is 0.0746. The fraction of sp³-hybridized carbons (Fsp3) is 0.412. The number of hydrogen-bond acceptors (Lipinski definition) is 36. The maximum atomic E-state index is 15.8. The van der Waals surface area contributed by atoms with Crippen LogP contribution in [-0.2, 0) is 99.8 Å². The second kappa shape index (κ2) is 35.2. The summed E-state index contributed by atoms with van der Waals surface area (Å²) in [6.07, 6.45) is -22.6. The largest absolute Gasteiger partial charge is 0.530 e. The number of aryl methyl sites for hydroxylation is 4. The second-order valence-corrected chi connectivity index (χ2v) is 34.6. The Balaban J connectivity index is 0.000000144. The lowest BCUT2D eigenvalue weighted by Gasteiger charge is -2.29. The van der Waals surface area contributed by atoms with E-state index in [1.54, 1.807) is 100 Å². The zero-order valence-corrected chi connectivity index (χ0v) is 68.5. The molecule has 4 fully saturated rings. The van der Waals surface area contributed by atoms with Gasteiger partial charge >= 0.3 is 31.3 Å². The van der Waals surface area contributed by atoms with Gasteiger partial charge in [0.05, 0.1) is 34.7 Å². The average molecular weight is 1850 g/mol. The van der Waals surface area contributed by atoms with Crippen LogP contribution in [0.3, 0.4) is 0 Å². The van der Waals surface area contributed by atoms with E-state index >= 15 is 17.6 Å². The molecule has 4 aromatic heterocycles. The van der Waals surface area contributed by atoms with Crippen LogP contribution in [-0.4, -0.2) is 178 Å². The first kappa shape index (κ1) is 82.0. The van der Waals surface area contributed by atoms with E-state index in [4.69, 9.17) is 130 Å². The van der Waals surface area contributed by atoms with E-state index in [9.17, 15) is 78.3 Å². The van der Waals surface area contributed by atoms with Gasteiger partial charge in [0.25, 0.3) is 45.7 Å². The van der Waals surface area contributed by atoms with Crippen LogP contribution in [0.2, 0.25) is 0 Å². The number of alkyl halides is 4. The van der Waals surface area contributed by atoms with E-state index < -0.39 is 182 Å². The van der Waals surface area contributed by atoms with Crippen LogP contribution in [0, 0.1) is 46.8 Å². The normalized spacial score (nSPS) is 35.3. The highest BCUT2D eigenvalue weighted by molar-refractivity contribution is 7.71. The molecule has 0 amide bonds. The van der Waals surface area contributed by atoms with Gasteiger partial charge in [-0.05, 0) is 98.8 Å². The van der Waals surface area contributed by atoms with E-state index in [0.717, 1.165) is 56.6 Å². The summed E-state index contributed by atoms with van der Waals surface area (Å²) in [7, 11) is -18.0. The average Bonchev–Trinajstić information content (AvgIpc) is 1.56. The number of rotatable bonds is 16. The van der Waals surface area contributed by atoms with Crippen molar-refractivity contribution in [3.05, 3.63) is 227 Å². The molecule has 8 aliphatic heterocycles. The Morgan fingerprint density at radius 1 is 0.400 bits per heavy atom. The minimum atomic E-state index is -4.79. The molecule has 648 valence electrons. The summed E-state index contributed by atoms with van der Waals surface area (Å²) in [6.45, 7) is -3.66. The molecule has 120 heavy (non-hydrogen) atoms. The first-order valence-electron chi connectivity index (χ1n) is 37.7. The van der Waals surface area contributed by atoms with Gasteiger partial charge in [-0.3, -0.25) is 93.6 Å². The number of aliphatic hydroxyl groups is 8. The summed E-state index contributed by atoms with van der Waals surface area (Å²) in [5.74, 6) is -13.0. The van der Waals surface area contributed by atoms with Gasteiger partial charge in [-0.2, -0.15) is 0 Å². The SMILES string of the molecule is Cc1cccc2c1OP(=O)(OC[C@@]1(F)O[C@@H](n3ccc(=O)[nH]c3=S)[C@H](O)[C@@H]1O)OC2.[2H]C([2H])(OP1(=O)OCc2cccc(C)c2O1)[C@@]1(F)O[C@@H](n2ccc(=O)[nH]c2=S)[C@H](O)[C@@H]1O.[2H]C([2H])(OP1(=O)OCc2cccc(C)c2O1)[C@@]1(F)O[C@@]([2H])(n2ccc(=O)[nH]c2=S)[C@H](O)[C@@H]1O.[2H][C@@]1(n2ccc(=O)[nH]c2=S)O[C@](F)(COP2(=O)OCc3cccc(C)c3O2)[C@@H](O)[C@H]1O. The Hall–Kier alpha value is -7.68. The summed E-state index contributed by atoms with van der Waals surface area (Å²) < 4.78 is 246. The Bertz CT molecular complexity index is 6320. The fourth-order valence-electron chi connectivity index (χ4n) is 12.1. The summed E-state index contributed by atoms with van der Waals surface area (Å²) in [5, 5.41) is 82.3. The summed E-state index contributed by atoms with van der Waals surface area (Å²) in [5.41, 5.74) is 2.39. The molecule has 4 aromatic carbocycles. The number of aromatic amines is 4. The van der Waals surface area contributed by atoms with Gasteiger partial charge in [0.1, 0.15) is 98.2 Å². The third kappa shape index (κ3) is 18.9. The lowest BCUT2D eigenvalue weighted by molar-refractivity contribution is -0.205. The van der Waals surface area contributed by atoms with Gasteiger partial charge in [-0.25, -0.2) is 35.8 Å². The molecule has 0 saturated carbocycles. The molecule has 4 unspecified atom stereocenters. The van der Waals surface area contributed by atoms with Crippen LogP contribution >= 0.6 is 80.2 Å². The van der Waals surface area contributed by atoms with Crippen molar-refractivity contribution in [3.63, 3.8) is 0 Å². The number of ether oxygens (including phenoxy) is 4. The number of hydrogen-bond donors (Lipinski definition) is 12. The van der Waals surface area contributed by atoms with Gasteiger partial charge in [0.2, 0.25) is 0 Å². The smallest absolute Gasteiger partial charge is 0.403 e. The molecule has 12 heterocycles. The van der Waals surface area contributed by atoms with Gasteiger partial charge < -0.3 is 77.9 Å². The lowest BCUT2D eigenvalue weighted by atomic mass is 10.1. The summed E-state index contributed by atoms with van der Waals surface area (Å²) in [6, 6.07) is 24.3. The maximum Gasteiger partial charge on any atom is 0.530 e. The number of aliphatic hydroxyl groups excluding tert-OH is 8. The quantitative estimate of drug-likeness (QED) is 0.0254. The van der Waals surface area contributed by atoms with Crippen molar-refractivity contribution in [2.24, 2.45) is 0 Å². The molecule has 52 heteroatoms. The Morgan fingerprint density at radius 3 is 0.967 bits per heavy atom. The van der Waals surface area contributed by atoms with Crippen molar-refractivity contribution in [1.82, 2.24) is 38.2 Å². The third-order valence-electron chi connectivity index (χ3n) is 18.4. The van der Waals surface area contributed by atoms with Crippen LogP contribution in [0.25, 0.3) is 0 Å². The monoisotopic (exact) mass is 1850 g/mol. The molecule has 0 radical (unpaired) electrons. The molecular weight excluding hydrogens is 1770 g/mol. The highest BCUT2D eigenvalue weighted by Gasteiger charge is 2.62. The zero-order valence-electron chi connectivity index (χ0n) is 67.7.